The first-order valence-electron chi connectivity index (χ1n) is 7.34. The van der Waals surface area contributed by atoms with Crippen LogP contribution in [0.3, 0.4) is 0 Å². The van der Waals surface area contributed by atoms with Crippen LogP contribution in [0.25, 0.3) is 0 Å². The number of nitrogens with zero attached hydrogens (tertiary/aromatic N) is 1. The van der Waals surface area contributed by atoms with Crippen LogP contribution in [0.5, 0.6) is 0 Å². The molecule has 1 aromatic rings. The van der Waals surface area contributed by atoms with Gasteiger partial charge in [0.25, 0.3) is 0 Å². The molecule has 0 saturated heterocycles. The number of hydrogen-bond donors (Lipinski definition) is 1. The van der Waals surface area contributed by atoms with Crippen LogP contribution in [0.15, 0.2) is 10.6 Å². The summed E-state index contributed by atoms with van der Waals surface area (Å²) in [6, 6.07) is 2.35. The molecule has 1 heterocycles. The minimum Gasteiger partial charge on any atom is -0.361 e. The topological polar surface area (TPSA) is 55.1 Å². The van der Waals surface area contributed by atoms with Gasteiger partial charge in [0.05, 0.1) is 5.69 Å². The molecule has 0 spiro atoms. The van der Waals surface area contributed by atoms with E-state index in [4.69, 9.17) is 4.52 Å². The Hall–Kier alpha value is -1.32. The van der Waals surface area contributed by atoms with Crippen LogP contribution in [0.1, 0.15) is 59.4 Å². The highest BCUT2D eigenvalue weighted by atomic mass is 16.5. The first-order valence-corrected chi connectivity index (χ1v) is 7.34. The summed E-state index contributed by atoms with van der Waals surface area (Å²) >= 11 is 0. The fourth-order valence-electron chi connectivity index (χ4n) is 2.87. The molecule has 4 heteroatoms. The largest absolute Gasteiger partial charge is 0.361 e. The summed E-state index contributed by atoms with van der Waals surface area (Å²) in [5, 5.41) is 7.23. The molecule has 1 aliphatic rings. The average Bonchev–Trinajstić information content (AvgIpc) is 2.75. The SMILES string of the molecule is CC(=O)NC1CC(Cc2cc(C(C)(C)C)on2)C1(C)C. The van der Waals surface area contributed by atoms with Crippen molar-refractivity contribution in [2.24, 2.45) is 11.3 Å². The second-order valence-corrected chi connectivity index (χ2v) is 7.64. The molecule has 0 radical (unpaired) electrons. The van der Waals surface area contributed by atoms with Crippen molar-refractivity contribution in [2.45, 2.75) is 65.8 Å². The van der Waals surface area contributed by atoms with E-state index in [2.05, 4.69) is 51.2 Å². The minimum atomic E-state index is -0.000891. The summed E-state index contributed by atoms with van der Waals surface area (Å²) in [6.45, 7) is 12.4. The fourth-order valence-corrected chi connectivity index (χ4v) is 2.87. The number of carbonyl (C=O) groups excluding carboxylic acids is 1. The number of rotatable bonds is 3. The quantitative estimate of drug-likeness (QED) is 0.924. The Morgan fingerprint density at radius 1 is 1.50 bits per heavy atom. The zero-order valence-electron chi connectivity index (χ0n) is 13.4. The van der Waals surface area contributed by atoms with Crippen LogP contribution in [-0.2, 0) is 16.6 Å². The van der Waals surface area contributed by atoms with Crippen LogP contribution in [0.4, 0.5) is 0 Å². The van der Waals surface area contributed by atoms with Crippen LogP contribution < -0.4 is 5.32 Å². The van der Waals surface area contributed by atoms with E-state index in [-0.39, 0.29) is 22.8 Å². The third kappa shape index (κ3) is 2.89. The lowest BCUT2D eigenvalue weighted by atomic mass is 9.57. The first kappa shape index (κ1) is 15.1. The highest BCUT2D eigenvalue weighted by Gasteiger charge is 2.48. The molecule has 1 amide bonds. The Labute approximate surface area is 121 Å². The zero-order valence-corrected chi connectivity index (χ0v) is 13.4. The second-order valence-electron chi connectivity index (χ2n) is 7.64. The molecule has 2 atom stereocenters. The van der Waals surface area contributed by atoms with Gasteiger partial charge >= 0.3 is 0 Å². The summed E-state index contributed by atoms with van der Waals surface area (Å²) < 4.78 is 5.44. The summed E-state index contributed by atoms with van der Waals surface area (Å²) in [6.07, 6.45) is 1.94. The van der Waals surface area contributed by atoms with Crippen LogP contribution in [-0.4, -0.2) is 17.1 Å². The Morgan fingerprint density at radius 2 is 2.15 bits per heavy atom. The second kappa shape index (κ2) is 4.90. The number of amides is 1. The van der Waals surface area contributed by atoms with Gasteiger partial charge in [-0.25, -0.2) is 0 Å². The maximum Gasteiger partial charge on any atom is 0.217 e. The lowest BCUT2D eigenvalue weighted by Gasteiger charge is -2.52. The number of hydrogen-bond acceptors (Lipinski definition) is 3. The molecule has 1 N–H and O–H groups in total. The van der Waals surface area contributed by atoms with Crippen molar-refractivity contribution in [3.8, 4) is 0 Å². The molecular weight excluding hydrogens is 252 g/mol. The summed E-state index contributed by atoms with van der Waals surface area (Å²) in [4.78, 5) is 11.2. The molecule has 2 unspecified atom stereocenters. The van der Waals surface area contributed by atoms with E-state index >= 15 is 0 Å². The Kier molecular flexibility index (Phi) is 3.69. The third-order valence-corrected chi connectivity index (χ3v) is 4.60. The lowest BCUT2D eigenvalue weighted by molar-refractivity contribution is -0.123. The third-order valence-electron chi connectivity index (χ3n) is 4.60. The van der Waals surface area contributed by atoms with E-state index < -0.39 is 0 Å². The van der Waals surface area contributed by atoms with Crippen molar-refractivity contribution in [3.63, 3.8) is 0 Å². The van der Waals surface area contributed by atoms with Gasteiger partial charge in [-0.3, -0.25) is 4.79 Å². The highest BCUT2D eigenvalue weighted by molar-refractivity contribution is 5.73. The van der Waals surface area contributed by atoms with Gasteiger partial charge < -0.3 is 9.84 Å². The number of carbonyl (C=O) groups is 1. The Morgan fingerprint density at radius 3 is 2.60 bits per heavy atom. The molecule has 1 aromatic heterocycles. The molecule has 112 valence electrons. The monoisotopic (exact) mass is 278 g/mol. The number of aromatic nitrogens is 1. The summed E-state index contributed by atoms with van der Waals surface area (Å²) in [5.74, 6) is 1.53. The van der Waals surface area contributed by atoms with Crippen LogP contribution in [0, 0.1) is 11.3 Å². The predicted octanol–water partition coefficient (Wildman–Crippen LogP) is 3.07. The van der Waals surface area contributed by atoms with Crippen molar-refractivity contribution < 1.29 is 9.32 Å². The highest BCUT2D eigenvalue weighted by Crippen LogP contribution is 2.47. The summed E-state index contributed by atoms with van der Waals surface area (Å²) in [7, 11) is 0. The van der Waals surface area contributed by atoms with Crippen LogP contribution >= 0.6 is 0 Å². The molecule has 4 nitrogen and oxygen atoms in total. The van der Waals surface area contributed by atoms with Crippen molar-refractivity contribution in [1.29, 1.82) is 0 Å². The van der Waals surface area contributed by atoms with Gasteiger partial charge in [0.1, 0.15) is 5.76 Å². The molecule has 2 rings (SSSR count). The van der Waals surface area contributed by atoms with E-state index in [0.29, 0.717) is 5.92 Å². The molecule has 1 saturated carbocycles. The van der Waals surface area contributed by atoms with Gasteiger partial charge in [0.15, 0.2) is 0 Å². The molecule has 0 aromatic carbocycles. The van der Waals surface area contributed by atoms with Gasteiger partial charge in [-0.1, -0.05) is 39.8 Å². The summed E-state index contributed by atoms with van der Waals surface area (Å²) in [5.41, 5.74) is 1.14. The van der Waals surface area contributed by atoms with Crippen molar-refractivity contribution in [1.82, 2.24) is 10.5 Å². The van der Waals surface area contributed by atoms with E-state index in [9.17, 15) is 4.79 Å². The maximum absolute atomic E-state index is 11.2. The van der Waals surface area contributed by atoms with E-state index in [1.165, 1.54) is 0 Å². The normalized spacial score (nSPS) is 25.1. The molecular formula is C16H26N2O2. The van der Waals surface area contributed by atoms with Gasteiger partial charge in [0.2, 0.25) is 5.91 Å². The fraction of sp³-hybridized carbons (Fsp3) is 0.750. The van der Waals surface area contributed by atoms with Crippen molar-refractivity contribution >= 4 is 5.91 Å². The van der Waals surface area contributed by atoms with Crippen molar-refractivity contribution in [2.75, 3.05) is 0 Å². The molecule has 1 fully saturated rings. The molecule has 0 aliphatic heterocycles. The lowest BCUT2D eigenvalue weighted by Crippen LogP contribution is -2.58. The van der Waals surface area contributed by atoms with E-state index in [0.717, 1.165) is 24.3 Å². The van der Waals surface area contributed by atoms with Gasteiger partial charge in [-0.2, -0.15) is 0 Å². The maximum atomic E-state index is 11.2. The Balaban J connectivity index is 1.99. The van der Waals surface area contributed by atoms with E-state index in [1.54, 1.807) is 6.92 Å². The molecule has 0 bridgehead atoms. The zero-order chi connectivity index (χ0) is 15.1. The van der Waals surface area contributed by atoms with Crippen molar-refractivity contribution in [3.05, 3.63) is 17.5 Å². The standard InChI is InChI=1S/C16H26N2O2/c1-10(19)17-13-8-11(16(13,5)6)7-12-9-14(20-18-12)15(2,3)4/h9,11,13H,7-8H2,1-6H3,(H,17,19). The Bertz CT molecular complexity index is 497. The van der Waals surface area contributed by atoms with E-state index in [1.807, 2.05) is 0 Å². The predicted molar refractivity (Wildman–Crippen MR) is 78.4 cm³/mol. The minimum absolute atomic E-state index is 0.000891. The van der Waals surface area contributed by atoms with Gasteiger partial charge in [-0.15, -0.1) is 0 Å². The smallest absolute Gasteiger partial charge is 0.217 e. The number of nitrogens with one attached hydrogen (secondary N) is 1. The van der Waals surface area contributed by atoms with Crippen LogP contribution in [0.2, 0.25) is 0 Å². The average molecular weight is 278 g/mol. The molecule has 20 heavy (non-hydrogen) atoms. The van der Waals surface area contributed by atoms with Gasteiger partial charge in [-0.05, 0) is 24.2 Å². The molecule has 1 aliphatic carbocycles. The van der Waals surface area contributed by atoms with Gasteiger partial charge in [0, 0.05) is 24.4 Å². The first-order chi connectivity index (χ1) is 9.10.